The Balaban J connectivity index is 1.27. The van der Waals surface area contributed by atoms with Gasteiger partial charge in [-0.15, -0.1) is 0 Å². The minimum atomic E-state index is -0.336. The quantitative estimate of drug-likeness (QED) is 0.786. The summed E-state index contributed by atoms with van der Waals surface area (Å²) in [5, 5.41) is 3.13. The highest BCUT2D eigenvalue weighted by atomic mass is 16.5. The fourth-order valence-electron chi connectivity index (χ4n) is 4.07. The number of hydrogen-bond donors (Lipinski definition) is 1. The molecule has 1 saturated heterocycles. The third-order valence-corrected chi connectivity index (χ3v) is 5.71. The van der Waals surface area contributed by atoms with Gasteiger partial charge in [0.25, 0.3) is 0 Å². The van der Waals surface area contributed by atoms with Crippen LogP contribution in [0.4, 0.5) is 5.69 Å². The Kier molecular flexibility index (Phi) is 6.11. The molecule has 30 heavy (non-hydrogen) atoms. The molecule has 2 aliphatic rings. The summed E-state index contributed by atoms with van der Waals surface area (Å²) in [6.45, 7) is 0.392. The van der Waals surface area contributed by atoms with E-state index < -0.39 is 0 Å². The van der Waals surface area contributed by atoms with E-state index in [4.69, 9.17) is 9.47 Å². The van der Waals surface area contributed by atoms with Crippen LogP contribution in [0, 0.1) is 5.92 Å². The molecule has 1 N–H and O–H groups in total. The maximum Gasteiger partial charge on any atom is 0.232 e. The molecular weight excluding hydrogens is 384 g/mol. The maximum absolute atomic E-state index is 12.8. The van der Waals surface area contributed by atoms with Crippen LogP contribution in [0.25, 0.3) is 0 Å². The lowest BCUT2D eigenvalue weighted by Crippen LogP contribution is -2.43. The molecule has 2 heterocycles. The third-order valence-electron chi connectivity index (χ3n) is 5.71. The Morgan fingerprint density at radius 1 is 1.20 bits per heavy atom. The van der Waals surface area contributed by atoms with Gasteiger partial charge in [-0.2, -0.15) is 0 Å². The smallest absolute Gasteiger partial charge is 0.232 e. The molecule has 2 amide bonds. The van der Waals surface area contributed by atoms with Crippen LogP contribution in [-0.2, 0) is 9.59 Å². The summed E-state index contributed by atoms with van der Waals surface area (Å²) in [5.74, 6) is 0.801. The highest BCUT2D eigenvalue weighted by molar-refractivity contribution is 6.00. The van der Waals surface area contributed by atoms with E-state index in [1.165, 1.54) is 0 Å². The van der Waals surface area contributed by atoms with Gasteiger partial charge in [0.1, 0.15) is 11.9 Å². The molecule has 1 saturated carbocycles. The monoisotopic (exact) mass is 410 g/mol. The van der Waals surface area contributed by atoms with Crippen molar-refractivity contribution in [1.82, 2.24) is 15.3 Å². The van der Waals surface area contributed by atoms with E-state index in [1.54, 1.807) is 30.6 Å². The minimum Gasteiger partial charge on any atom is -0.497 e. The van der Waals surface area contributed by atoms with E-state index >= 15 is 0 Å². The van der Waals surface area contributed by atoms with E-state index in [1.807, 2.05) is 24.3 Å². The summed E-state index contributed by atoms with van der Waals surface area (Å²) in [6, 6.07) is 7.46. The molecule has 1 unspecified atom stereocenters. The van der Waals surface area contributed by atoms with Crippen LogP contribution in [-0.4, -0.2) is 47.6 Å². The molecule has 8 nitrogen and oxygen atoms in total. The molecule has 2 aromatic rings. The summed E-state index contributed by atoms with van der Waals surface area (Å²) in [4.78, 5) is 35.1. The maximum atomic E-state index is 12.8. The predicted molar refractivity (Wildman–Crippen MR) is 110 cm³/mol. The molecular formula is C22H26N4O4. The lowest BCUT2D eigenvalue weighted by atomic mass is 9.92. The van der Waals surface area contributed by atoms with Gasteiger partial charge in [0.05, 0.1) is 19.2 Å². The number of anilines is 1. The predicted octanol–water partition coefficient (Wildman–Crippen LogP) is 2.34. The van der Waals surface area contributed by atoms with Crippen molar-refractivity contribution in [3.8, 4) is 11.6 Å². The number of nitrogens with zero attached hydrogens (tertiary/aromatic N) is 3. The first kappa shape index (κ1) is 20.1. The summed E-state index contributed by atoms with van der Waals surface area (Å²) in [5.41, 5.74) is 0.760. The first-order chi connectivity index (χ1) is 14.6. The number of hydrogen-bond acceptors (Lipinski definition) is 6. The SMILES string of the molecule is COc1cccc(N2CC(C(=O)NC3CCC(Oc4cnccn4)CC3)CC2=O)c1. The first-order valence-electron chi connectivity index (χ1n) is 10.3. The molecule has 0 spiro atoms. The fourth-order valence-corrected chi connectivity index (χ4v) is 4.07. The van der Waals surface area contributed by atoms with Crippen LogP contribution >= 0.6 is 0 Å². The fraction of sp³-hybridized carbons (Fsp3) is 0.455. The van der Waals surface area contributed by atoms with Crippen LogP contribution in [0.2, 0.25) is 0 Å². The first-order valence-corrected chi connectivity index (χ1v) is 10.3. The largest absolute Gasteiger partial charge is 0.497 e. The second-order valence-electron chi connectivity index (χ2n) is 7.75. The highest BCUT2D eigenvalue weighted by Gasteiger charge is 2.36. The van der Waals surface area contributed by atoms with Crippen molar-refractivity contribution < 1.29 is 19.1 Å². The molecule has 4 rings (SSSR count). The lowest BCUT2D eigenvalue weighted by Gasteiger charge is -2.29. The summed E-state index contributed by atoms with van der Waals surface area (Å²) < 4.78 is 11.1. The zero-order chi connectivity index (χ0) is 20.9. The van der Waals surface area contributed by atoms with Gasteiger partial charge in [-0.1, -0.05) is 6.07 Å². The van der Waals surface area contributed by atoms with E-state index in [2.05, 4.69) is 15.3 Å². The Morgan fingerprint density at radius 2 is 2.03 bits per heavy atom. The van der Waals surface area contributed by atoms with Crippen molar-refractivity contribution in [3.63, 3.8) is 0 Å². The summed E-state index contributed by atoms with van der Waals surface area (Å²) >= 11 is 0. The normalized spacial score (nSPS) is 23.8. The number of aromatic nitrogens is 2. The number of ether oxygens (including phenoxy) is 2. The standard InChI is InChI=1S/C22H26N4O4/c1-29-19-4-2-3-17(12-19)26-14-15(11-21(26)27)22(28)25-16-5-7-18(8-6-16)30-20-13-23-9-10-24-20/h2-4,9-10,12-13,15-16,18H,5-8,11,14H2,1H3,(H,25,28). The number of benzene rings is 1. The number of carbonyl (C=O) groups excluding carboxylic acids is 2. The molecule has 1 atom stereocenters. The van der Waals surface area contributed by atoms with E-state index in [0.717, 1.165) is 31.4 Å². The van der Waals surface area contributed by atoms with Crippen LogP contribution in [0.15, 0.2) is 42.9 Å². The molecule has 1 aromatic carbocycles. The molecule has 2 fully saturated rings. The van der Waals surface area contributed by atoms with E-state index in [9.17, 15) is 9.59 Å². The number of carbonyl (C=O) groups is 2. The molecule has 8 heteroatoms. The molecule has 0 radical (unpaired) electrons. The van der Waals surface area contributed by atoms with E-state index in [-0.39, 0.29) is 36.3 Å². The number of nitrogens with one attached hydrogen (secondary N) is 1. The van der Waals surface area contributed by atoms with Gasteiger partial charge in [-0.05, 0) is 37.8 Å². The Hall–Kier alpha value is -3.16. The Labute approximate surface area is 175 Å². The van der Waals surface area contributed by atoms with Crippen LogP contribution in [0.3, 0.4) is 0 Å². The Morgan fingerprint density at radius 3 is 2.77 bits per heavy atom. The summed E-state index contributed by atoms with van der Waals surface area (Å²) in [6.07, 6.45) is 8.54. The second kappa shape index (κ2) is 9.11. The molecule has 1 aliphatic carbocycles. The molecule has 158 valence electrons. The van der Waals surface area contributed by atoms with Gasteiger partial charge in [0.2, 0.25) is 17.7 Å². The number of amides is 2. The average Bonchev–Trinajstić information content (AvgIpc) is 3.18. The molecule has 1 aliphatic heterocycles. The Bertz CT molecular complexity index is 884. The van der Waals surface area contributed by atoms with Crippen LogP contribution < -0.4 is 19.7 Å². The zero-order valence-electron chi connectivity index (χ0n) is 17.0. The molecule has 0 bridgehead atoms. The van der Waals surface area contributed by atoms with Crippen molar-refractivity contribution in [1.29, 1.82) is 0 Å². The van der Waals surface area contributed by atoms with Gasteiger partial charge in [-0.25, -0.2) is 4.98 Å². The van der Waals surface area contributed by atoms with Gasteiger partial charge in [-0.3, -0.25) is 14.6 Å². The molecule has 1 aromatic heterocycles. The third kappa shape index (κ3) is 4.69. The van der Waals surface area contributed by atoms with Crippen LogP contribution in [0.1, 0.15) is 32.1 Å². The number of methoxy groups -OCH3 is 1. The summed E-state index contributed by atoms with van der Waals surface area (Å²) in [7, 11) is 1.59. The van der Waals surface area contributed by atoms with Gasteiger partial charge >= 0.3 is 0 Å². The topological polar surface area (TPSA) is 93.7 Å². The number of rotatable bonds is 6. The van der Waals surface area contributed by atoms with Crippen molar-refractivity contribution >= 4 is 17.5 Å². The van der Waals surface area contributed by atoms with Crippen molar-refractivity contribution in [3.05, 3.63) is 42.9 Å². The van der Waals surface area contributed by atoms with Crippen molar-refractivity contribution in [2.75, 3.05) is 18.6 Å². The highest BCUT2D eigenvalue weighted by Crippen LogP contribution is 2.29. The van der Waals surface area contributed by atoms with E-state index in [0.29, 0.717) is 18.2 Å². The van der Waals surface area contributed by atoms with Crippen molar-refractivity contribution in [2.24, 2.45) is 5.92 Å². The average molecular weight is 410 g/mol. The van der Waals surface area contributed by atoms with Gasteiger partial charge in [0.15, 0.2) is 0 Å². The van der Waals surface area contributed by atoms with Crippen molar-refractivity contribution in [2.45, 2.75) is 44.2 Å². The minimum absolute atomic E-state index is 0.0375. The zero-order valence-corrected chi connectivity index (χ0v) is 17.0. The lowest BCUT2D eigenvalue weighted by molar-refractivity contribution is -0.127. The van der Waals surface area contributed by atoms with Crippen LogP contribution in [0.5, 0.6) is 11.6 Å². The second-order valence-corrected chi connectivity index (χ2v) is 7.75. The van der Waals surface area contributed by atoms with Gasteiger partial charge in [0, 0.05) is 43.2 Å². The van der Waals surface area contributed by atoms with Gasteiger partial charge < -0.3 is 19.7 Å².